The number of carbonyl (C=O) groups is 1. The number of para-hydroxylation sites is 1. The molecule has 1 heterocycles. The SMILES string of the molecule is CCOC(=O)C1=C(O)/C(=C/c2cc(I)c(OCc3ccc4ccccc4c3)c(OCC)c2)SC1=Nc1ccccc1. The largest absolute Gasteiger partial charge is 0.506 e. The summed E-state index contributed by atoms with van der Waals surface area (Å²) in [5, 5.41) is 13.8. The fourth-order valence-corrected chi connectivity index (χ4v) is 6.14. The number of hydrogen-bond donors (Lipinski definition) is 1. The molecule has 1 aliphatic rings. The summed E-state index contributed by atoms with van der Waals surface area (Å²) in [5.74, 6) is 0.479. The molecule has 1 aliphatic heterocycles. The highest BCUT2D eigenvalue weighted by Crippen LogP contribution is 2.42. The Kier molecular flexibility index (Phi) is 9.31. The number of carbonyl (C=O) groups excluding carboxylic acids is 1. The second kappa shape index (κ2) is 13.3. The molecule has 5 rings (SSSR count). The van der Waals surface area contributed by atoms with Crippen LogP contribution < -0.4 is 9.47 Å². The highest BCUT2D eigenvalue weighted by Gasteiger charge is 2.33. The van der Waals surface area contributed by atoms with Gasteiger partial charge in [-0.3, -0.25) is 0 Å². The number of halogens is 1. The lowest BCUT2D eigenvalue weighted by molar-refractivity contribution is -0.138. The van der Waals surface area contributed by atoms with Gasteiger partial charge >= 0.3 is 5.97 Å². The number of esters is 1. The minimum atomic E-state index is -0.613. The number of fused-ring (bicyclic) bond motifs is 1. The van der Waals surface area contributed by atoms with Crippen LogP contribution >= 0.6 is 34.4 Å². The van der Waals surface area contributed by atoms with Crippen molar-refractivity contribution in [1.29, 1.82) is 0 Å². The molecule has 0 amide bonds. The molecule has 0 atom stereocenters. The molecule has 0 unspecified atom stereocenters. The molecule has 0 radical (unpaired) electrons. The minimum absolute atomic E-state index is 0.0574. The van der Waals surface area contributed by atoms with Crippen LogP contribution in [-0.4, -0.2) is 29.3 Å². The van der Waals surface area contributed by atoms with Crippen LogP contribution in [0.15, 0.2) is 106 Å². The van der Waals surface area contributed by atoms with Gasteiger partial charge in [-0.25, -0.2) is 9.79 Å². The first-order valence-electron chi connectivity index (χ1n) is 13.2. The van der Waals surface area contributed by atoms with Crippen LogP contribution in [0.4, 0.5) is 5.69 Å². The molecule has 0 spiro atoms. The zero-order valence-electron chi connectivity index (χ0n) is 22.6. The lowest BCUT2D eigenvalue weighted by Crippen LogP contribution is -2.12. The maximum absolute atomic E-state index is 12.8. The molecular formula is C33H28INO5S. The summed E-state index contributed by atoms with van der Waals surface area (Å²) < 4.78 is 18.3. The molecule has 0 aromatic heterocycles. The van der Waals surface area contributed by atoms with Crippen LogP contribution in [0.2, 0.25) is 0 Å². The Hall–Kier alpha value is -3.76. The van der Waals surface area contributed by atoms with Crippen LogP contribution in [-0.2, 0) is 16.1 Å². The minimum Gasteiger partial charge on any atom is -0.506 e. The fourth-order valence-electron chi connectivity index (χ4n) is 4.32. The van der Waals surface area contributed by atoms with Gasteiger partial charge in [0.1, 0.15) is 23.0 Å². The van der Waals surface area contributed by atoms with Crippen LogP contribution in [0, 0.1) is 3.57 Å². The third-order valence-corrected chi connectivity index (χ3v) is 8.00. The maximum atomic E-state index is 12.8. The van der Waals surface area contributed by atoms with Gasteiger partial charge < -0.3 is 19.3 Å². The Morgan fingerprint density at radius 3 is 2.44 bits per heavy atom. The molecule has 1 N–H and O–H groups in total. The molecule has 41 heavy (non-hydrogen) atoms. The quantitative estimate of drug-likeness (QED) is 0.141. The van der Waals surface area contributed by atoms with E-state index in [2.05, 4.69) is 57.9 Å². The summed E-state index contributed by atoms with van der Waals surface area (Å²) in [6.45, 7) is 4.69. The number of thioether (sulfide) groups is 1. The normalized spacial score (nSPS) is 15.1. The Balaban J connectivity index is 1.45. The molecule has 0 saturated heterocycles. The molecule has 6 nitrogen and oxygen atoms in total. The van der Waals surface area contributed by atoms with Crippen molar-refractivity contribution in [1.82, 2.24) is 0 Å². The van der Waals surface area contributed by atoms with E-state index in [-0.39, 0.29) is 17.9 Å². The number of aliphatic hydroxyl groups is 1. The van der Waals surface area contributed by atoms with Gasteiger partial charge in [-0.05, 0) is 94.7 Å². The summed E-state index contributed by atoms with van der Waals surface area (Å²) in [7, 11) is 0. The van der Waals surface area contributed by atoms with Gasteiger partial charge in [0.05, 0.1) is 27.4 Å². The van der Waals surface area contributed by atoms with Gasteiger partial charge in [0.15, 0.2) is 11.5 Å². The Morgan fingerprint density at radius 2 is 1.68 bits per heavy atom. The van der Waals surface area contributed by atoms with E-state index >= 15 is 0 Å². The van der Waals surface area contributed by atoms with E-state index in [1.807, 2.05) is 67.6 Å². The Labute approximate surface area is 256 Å². The molecular weight excluding hydrogens is 649 g/mol. The lowest BCUT2D eigenvalue weighted by atomic mass is 10.1. The first-order chi connectivity index (χ1) is 20.0. The van der Waals surface area contributed by atoms with Gasteiger partial charge in [-0.15, -0.1) is 0 Å². The molecule has 0 fully saturated rings. The third-order valence-electron chi connectivity index (χ3n) is 6.18. The second-order valence-corrected chi connectivity index (χ2v) is 11.2. The summed E-state index contributed by atoms with van der Waals surface area (Å²) in [4.78, 5) is 17.9. The van der Waals surface area contributed by atoms with Crippen molar-refractivity contribution in [3.63, 3.8) is 0 Å². The predicted molar refractivity (Wildman–Crippen MR) is 174 cm³/mol. The van der Waals surface area contributed by atoms with Gasteiger partial charge in [0.2, 0.25) is 0 Å². The van der Waals surface area contributed by atoms with Crippen molar-refractivity contribution >= 4 is 67.9 Å². The van der Waals surface area contributed by atoms with E-state index in [1.54, 1.807) is 6.92 Å². The van der Waals surface area contributed by atoms with Crippen LogP contribution in [0.5, 0.6) is 11.5 Å². The average Bonchev–Trinajstić information content (AvgIpc) is 3.27. The number of nitrogens with zero attached hydrogens (tertiary/aromatic N) is 1. The van der Waals surface area contributed by atoms with Crippen LogP contribution in [0.1, 0.15) is 25.0 Å². The fraction of sp³-hybridized carbons (Fsp3) is 0.152. The van der Waals surface area contributed by atoms with E-state index in [9.17, 15) is 9.90 Å². The zero-order chi connectivity index (χ0) is 28.8. The van der Waals surface area contributed by atoms with Crippen molar-refractivity contribution in [2.24, 2.45) is 4.99 Å². The molecule has 208 valence electrons. The lowest BCUT2D eigenvalue weighted by Gasteiger charge is -2.15. The Bertz CT molecular complexity index is 1680. The maximum Gasteiger partial charge on any atom is 0.344 e. The highest BCUT2D eigenvalue weighted by molar-refractivity contribution is 14.1. The van der Waals surface area contributed by atoms with Gasteiger partial charge in [0, 0.05) is 0 Å². The standard InChI is InChI=1S/C33H28INO5S/c1-3-38-27-18-22(17-26(34)31(27)40-20-21-14-15-23-10-8-9-11-24(23)16-21)19-28-30(36)29(33(37)39-4-2)32(41-28)35-25-12-6-5-7-13-25/h5-19,36H,3-4,20H2,1-2H3/b28-19-,35-32?. The number of rotatable bonds is 9. The van der Waals surface area contributed by atoms with Crippen molar-refractivity contribution in [3.05, 3.63) is 116 Å². The number of hydrogen-bond acceptors (Lipinski definition) is 7. The average molecular weight is 678 g/mol. The van der Waals surface area contributed by atoms with E-state index in [1.165, 1.54) is 17.1 Å². The topological polar surface area (TPSA) is 77.4 Å². The highest BCUT2D eigenvalue weighted by atomic mass is 127. The van der Waals surface area contributed by atoms with E-state index in [4.69, 9.17) is 14.2 Å². The zero-order valence-corrected chi connectivity index (χ0v) is 25.6. The Morgan fingerprint density at radius 1 is 0.927 bits per heavy atom. The number of aliphatic hydroxyl groups excluding tert-OH is 1. The van der Waals surface area contributed by atoms with Crippen LogP contribution in [0.3, 0.4) is 0 Å². The smallest absolute Gasteiger partial charge is 0.344 e. The molecule has 4 aromatic rings. The van der Waals surface area contributed by atoms with Crippen molar-refractivity contribution in [2.75, 3.05) is 13.2 Å². The number of ether oxygens (including phenoxy) is 3. The molecule has 4 aromatic carbocycles. The molecule has 8 heteroatoms. The summed E-state index contributed by atoms with van der Waals surface area (Å²) >= 11 is 3.45. The summed E-state index contributed by atoms with van der Waals surface area (Å²) in [5.41, 5.74) is 2.57. The van der Waals surface area contributed by atoms with Gasteiger partial charge in [-0.1, -0.05) is 66.4 Å². The molecule has 0 aliphatic carbocycles. The molecule has 0 saturated carbocycles. The monoisotopic (exact) mass is 677 g/mol. The summed E-state index contributed by atoms with van der Waals surface area (Å²) in [6, 6.07) is 27.6. The third kappa shape index (κ3) is 6.77. The molecule has 0 bridgehead atoms. The second-order valence-electron chi connectivity index (χ2n) is 9.04. The van der Waals surface area contributed by atoms with E-state index < -0.39 is 5.97 Å². The van der Waals surface area contributed by atoms with Crippen LogP contribution in [0.25, 0.3) is 16.8 Å². The first-order valence-corrected chi connectivity index (χ1v) is 15.1. The summed E-state index contributed by atoms with van der Waals surface area (Å²) in [6.07, 6.45) is 1.81. The van der Waals surface area contributed by atoms with Crippen molar-refractivity contribution < 1.29 is 24.1 Å². The number of aliphatic imine (C=N–C) groups is 1. The van der Waals surface area contributed by atoms with Gasteiger partial charge in [0.25, 0.3) is 0 Å². The van der Waals surface area contributed by atoms with Crippen molar-refractivity contribution in [2.45, 2.75) is 20.5 Å². The first kappa shape index (κ1) is 28.8. The van der Waals surface area contributed by atoms with Crippen molar-refractivity contribution in [3.8, 4) is 11.5 Å². The van der Waals surface area contributed by atoms with Gasteiger partial charge in [-0.2, -0.15) is 0 Å². The predicted octanol–water partition coefficient (Wildman–Crippen LogP) is 8.62. The van der Waals surface area contributed by atoms with E-state index in [0.29, 0.717) is 40.3 Å². The van der Waals surface area contributed by atoms with E-state index in [0.717, 1.165) is 20.1 Å². The number of benzene rings is 4.